The van der Waals surface area contributed by atoms with Crippen molar-refractivity contribution in [2.45, 2.75) is 38.8 Å². The summed E-state index contributed by atoms with van der Waals surface area (Å²) in [4.78, 5) is 19.2. The minimum Gasteiger partial charge on any atom is -0.497 e. The molecule has 1 aliphatic carbocycles. The van der Waals surface area contributed by atoms with Gasteiger partial charge in [0.15, 0.2) is 0 Å². The van der Waals surface area contributed by atoms with Crippen molar-refractivity contribution in [3.8, 4) is 16.3 Å². The van der Waals surface area contributed by atoms with Crippen LogP contribution in [0, 0.1) is 0 Å². The van der Waals surface area contributed by atoms with Gasteiger partial charge in [0, 0.05) is 23.0 Å². The van der Waals surface area contributed by atoms with Crippen LogP contribution in [0.2, 0.25) is 0 Å². The van der Waals surface area contributed by atoms with E-state index in [4.69, 9.17) is 4.74 Å². The monoisotopic (exact) mass is 316 g/mol. The van der Waals surface area contributed by atoms with Crippen molar-refractivity contribution in [3.63, 3.8) is 0 Å². The Balaban J connectivity index is 1.81. The summed E-state index contributed by atoms with van der Waals surface area (Å²) in [6.45, 7) is 4.12. The fraction of sp³-hybridized carbons (Fsp3) is 0.412. The van der Waals surface area contributed by atoms with Gasteiger partial charge in [0.05, 0.1) is 7.11 Å². The van der Waals surface area contributed by atoms with Crippen LogP contribution < -0.4 is 4.74 Å². The predicted molar refractivity (Wildman–Crippen MR) is 88.4 cm³/mol. The van der Waals surface area contributed by atoms with Gasteiger partial charge in [-0.3, -0.25) is 4.79 Å². The van der Waals surface area contributed by atoms with Gasteiger partial charge in [-0.05, 0) is 51.0 Å². The van der Waals surface area contributed by atoms with Crippen LogP contribution in [-0.4, -0.2) is 35.0 Å². The van der Waals surface area contributed by atoms with E-state index < -0.39 is 0 Å². The van der Waals surface area contributed by atoms with E-state index >= 15 is 0 Å². The first-order valence-electron chi connectivity index (χ1n) is 7.52. The van der Waals surface area contributed by atoms with Gasteiger partial charge >= 0.3 is 0 Å². The summed E-state index contributed by atoms with van der Waals surface area (Å²) in [6.07, 6.45) is 2.22. The largest absolute Gasteiger partial charge is 0.497 e. The minimum atomic E-state index is 0.0495. The Hall–Kier alpha value is -1.88. The molecule has 0 spiro atoms. The molecule has 1 aliphatic rings. The highest BCUT2D eigenvalue weighted by atomic mass is 32.1. The molecule has 0 atom stereocenters. The zero-order valence-electron chi connectivity index (χ0n) is 13.1. The first-order chi connectivity index (χ1) is 10.6. The first-order valence-corrected chi connectivity index (χ1v) is 8.40. The molecule has 1 fully saturated rings. The Morgan fingerprint density at radius 3 is 2.55 bits per heavy atom. The van der Waals surface area contributed by atoms with Gasteiger partial charge in [-0.15, -0.1) is 11.3 Å². The quantitative estimate of drug-likeness (QED) is 0.842. The summed E-state index contributed by atoms with van der Waals surface area (Å²) in [6, 6.07) is 8.36. The molecule has 1 aromatic carbocycles. The van der Waals surface area contributed by atoms with E-state index in [-0.39, 0.29) is 11.9 Å². The standard InChI is InChI=1S/C17H20N2O2S/c1-11(2)19(13-6-7-13)17(20)15-10-22-16(18-15)12-4-8-14(21-3)9-5-12/h4-5,8-11,13H,6-7H2,1-3H3. The second-order valence-corrected chi connectivity index (χ2v) is 6.66. The van der Waals surface area contributed by atoms with Crippen molar-refractivity contribution in [2.75, 3.05) is 7.11 Å². The molecule has 0 bridgehead atoms. The normalized spacial score (nSPS) is 14.2. The number of hydrogen-bond donors (Lipinski definition) is 0. The number of aromatic nitrogens is 1. The second kappa shape index (κ2) is 6.08. The molecule has 4 nitrogen and oxygen atoms in total. The minimum absolute atomic E-state index is 0.0495. The van der Waals surface area contributed by atoms with Gasteiger partial charge in [-0.25, -0.2) is 4.98 Å². The van der Waals surface area contributed by atoms with E-state index in [0.29, 0.717) is 11.7 Å². The second-order valence-electron chi connectivity index (χ2n) is 5.80. The van der Waals surface area contributed by atoms with Crippen LogP contribution in [0.5, 0.6) is 5.75 Å². The number of carbonyl (C=O) groups excluding carboxylic acids is 1. The summed E-state index contributed by atoms with van der Waals surface area (Å²) >= 11 is 1.51. The average Bonchev–Trinajstić information content (AvgIpc) is 3.21. The molecule has 1 amide bonds. The van der Waals surface area contributed by atoms with Crippen LogP contribution in [-0.2, 0) is 0 Å². The topological polar surface area (TPSA) is 42.4 Å². The van der Waals surface area contributed by atoms with Crippen LogP contribution in [0.1, 0.15) is 37.2 Å². The van der Waals surface area contributed by atoms with E-state index in [1.165, 1.54) is 11.3 Å². The number of methoxy groups -OCH3 is 1. The molecule has 0 unspecified atom stereocenters. The van der Waals surface area contributed by atoms with Crippen LogP contribution in [0.4, 0.5) is 0 Å². The molecule has 0 radical (unpaired) electrons. The van der Waals surface area contributed by atoms with Gasteiger partial charge in [-0.1, -0.05) is 0 Å². The Bertz CT molecular complexity index is 658. The molecule has 3 rings (SSSR count). The lowest BCUT2D eigenvalue weighted by Gasteiger charge is -2.25. The lowest BCUT2D eigenvalue weighted by molar-refractivity contribution is 0.0685. The number of thiazole rings is 1. The van der Waals surface area contributed by atoms with Gasteiger partial charge in [0.2, 0.25) is 0 Å². The number of nitrogens with zero attached hydrogens (tertiary/aromatic N) is 2. The summed E-state index contributed by atoms with van der Waals surface area (Å²) in [7, 11) is 1.65. The third-order valence-electron chi connectivity index (χ3n) is 3.79. The molecular weight excluding hydrogens is 296 g/mol. The van der Waals surface area contributed by atoms with Crippen molar-refractivity contribution in [2.24, 2.45) is 0 Å². The maximum atomic E-state index is 12.7. The van der Waals surface area contributed by atoms with Crippen molar-refractivity contribution in [1.29, 1.82) is 0 Å². The number of ether oxygens (including phenoxy) is 1. The highest BCUT2D eigenvalue weighted by Crippen LogP contribution is 2.31. The number of benzene rings is 1. The Kier molecular flexibility index (Phi) is 4.16. The predicted octanol–water partition coefficient (Wildman–Crippen LogP) is 3.83. The van der Waals surface area contributed by atoms with Crippen molar-refractivity contribution < 1.29 is 9.53 Å². The maximum absolute atomic E-state index is 12.7. The summed E-state index contributed by atoms with van der Waals surface area (Å²) in [5.74, 6) is 0.866. The van der Waals surface area contributed by atoms with Gasteiger partial charge in [0.1, 0.15) is 16.5 Å². The maximum Gasteiger partial charge on any atom is 0.273 e. The Labute approximate surface area is 134 Å². The fourth-order valence-corrected chi connectivity index (χ4v) is 3.35. The zero-order chi connectivity index (χ0) is 15.7. The smallest absolute Gasteiger partial charge is 0.273 e. The van der Waals surface area contributed by atoms with Crippen LogP contribution in [0.15, 0.2) is 29.6 Å². The number of carbonyl (C=O) groups is 1. The molecule has 0 saturated heterocycles. The van der Waals surface area contributed by atoms with Crippen LogP contribution in [0.25, 0.3) is 10.6 Å². The number of hydrogen-bond acceptors (Lipinski definition) is 4. The van der Waals surface area contributed by atoms with E-state index in [1.807, 2.05) is 34.5 Å². The third-order valence-corrected chi connectivity index (χ3v) is 4.68. The van der Waals surface area contributed by atoms with Gasteiger partial charge in [0.25, 0.3) is 5.91 Å². The lowest BCUT2D eigenvalue weighted by Crippen LogP contribution is -2.38. The molecule has 0 aliphatic heterocycles. The third kappa shape index (κ3) is 2.99. The fourth-order valence-electron chi connectivity index (χ4n) is 2.55. The average molecular weight is 316 g/mol. The van der Waals surface area contributed by atoms with E-state index in [9.17, 15) is 4.79 Å². The van der Waals surface area contributed by atoms with Crippen LogP contribution in [0.3, 0.4) is 0 Å². The molecule has 22 heavy (non-hydrogen) atoms. The highest BCUT2D eigenvalue weighted by Gasteiger charge is 2.35. The molecule has 0 N–H and O–H groups in total. The number of rotatable bonds is 5. The zero-order valence-corrected chi connectivity index (χ0v) is 13.9. The van der Waals surface area contributed by atoms with E-state index in [2.05, 4.69) is 18.8 Å². The van der Waals surface area contributed by atoms with E-state index in [0.717, 1.165) is 29.2 Å². The molecule has 1 aromatic heterocycles. The molecule has 1 saturated carbocycles. The lowest BCUT2D eigenvalue weighted by atomic mass is 10.2. The van der Waals surface area contributed by atoms with Crippen molar-refractivity contribution >= 4 is 17.2 Å². The first kappa shape index (κ1) is 15.0. The summed E-state index contributed by atoms with van der Waals surface area (Å²) in [5, 5.41) is 2.73. The summed E-state index contributed by atoms with van der Waals surface area (Å²) < 4.78 is 5.16. The SMILES string of the molecule is COc1ccc(-c2nc(C(=O)N(C(C)C)C3CC3)cs2)cc1. The molecule has 1 heterocycles. The molecule has 116 valence electrons. The molecule has 2 aromatic rings. The number of amides is 1. The van der Waals surface area contributed by atoms with E-state index in [1.54, 1.807) is 7.11 Å². The Morgan fingerprint density at radius 2 is 2.00 bits per heavy atom. The van der Waals surface area contributed by atoms with Crippen molar-refractivity contribution in [1.82, 2.24) is 9.88 Å². The summed E-state index contributed by atoms with van der Waals surface area (Å²) in [5.41, 5.74) is 1.56. The Morgan fingerprint density at radius 1 is 1.32 bits per heavy atom. The van der Waals surface area contributed by atoms with Crippen LogP contribution >= 0.6 is 11.3 Å². The molecular formula is C17H20N2O2S. The van der Waals surface area contributed by atoms with Crippen molar-refractivity contribution in [3.05, 3.63) is 35.3 Å². The molecule has 5 heteroatoms. The highest BCUT2D eigenvalue weighted by molar-refractivity contribution is 7.13. The van der Waals surface area contributed by atoms with Gasteiger partial charge in [-0.2, -0.15) is 0 Å². The van der Waals surface area contributed by atoms with Gasteiger partial charge < -0.3 is 9.64 Å².